The minimum Gasteiger partial charge on any atom is -0.493 e. The van der Waals surface area contributed by atoms with Gasteiger partial charge in [-0.3, -0.25) is 4.79 Å². The summed E-state index contributed by atoms with van der Waals surface area (Å²) in [5, 5.41) is 12.0. The molecule has 19 heavy (non-hydrogen) atoms. The lowest BCUT2D eigenvalue weighted by molar-refractivity contribution is 0.0893. The van der Waals surface area contributed by atoms with Crippen LogP contribution in [0.1, 0.15) is 24.2 Å². The Labute approximate surface area is 113 Å². The van der Waals surface area contributed by atoms with Gasteiger partial charge in [-0.15, -0.1) is 0 Å². The summed E-state index contributed by atoms with van der Waals surface area (Å²) >= 11 is 0. The van der Waals surface area contributed by atoms with Crippen LogP contribution in [0.25, 0.3) is 0 Å². The molecule has 1 aromatic carbocycles. The lowest BCUT2D eigenvalue weighted by atomic mass is 10.0. The number of benzene rings is 1. The SMILES string of the molecule is COc1cccc(C(=O)N[C@H](CO)C(C)C)c1OC. The van der Waals surface area contributed by atoms with Crippen molar-refractivity contribution in [1.29, 1.82) is 0 Å². The van der Waals surface area contributed by atoms with E-state index in [1.165, 1.54) is 14.2 Å². The molecule has 0 saturated heterocycles. The van der Waals surface area contributed by atoms with Crippen LogP contribution in [-0.2, 0) is 0 Å². The molecule has 1 amide bonds. The van der Waals surface area contributed by atoms with Crippen molar-refractivity contribution in [3.05, 3.63) is 23.8 Å². The highest BCUT2D eigenvalue weighted by atomic mass is 16.5. The minimum absolute atomic E-state index is 0.101. The first-order chi connectivity index (χ1) is 9.04. The first-order valence-corrected chi connectivity index (χ1v) is 6.17. The Morgan fingerprint density at radius 1 is 1.32 bits per heavy atom. The zero-order valence-electron chi connectivity index (χ0n) is 11.8. The number of ether oxygens (including phenoxy) is 2. The molecule has 1 aromatic rings. The number of aliphatic hydroxyl groups excluding tert-OH is 1. The Hall–Kier alpha value is -1.75. The maximum absolute atomic E-state index is 12.2. The maximum Gasteiger partial charge on any atom is 0.255 e. The van der Waals surface area contributed by atoms with Crippen LogP contribution in [-0.4, -0.2) is 37.9 Å². The molecule has 106 valence electrons. The molecule has 0 aliphatic rings. The maximum atomic E-state index is 12.2. The molecule has 0 aromatic heterocycles. The van der Waals surface area contributed by atoms with E-state index in [4.69, 9.17) is 9.47 Å². The van der Waals surface area contributed by atoms with Gasteiger partial charge >= 0.3 is 0 Å². The second kappa shape index (κ2) is 6.99. The van der Waals surface area contributed by atoms with Crippen molar-refractivity contribution in [3.8, 4) is 11.5 Å². The van der Waals surface area contributed by atoms with Crippen molar-refractivity contribution in [3.63, 3.8) is 0 Å². The summed E-state index contributed by atoms with van der Waals surface area (Å²) in [5.74, 6) is 0.747. The summed E-state index contributed by atoms with van der Waals surface area (Å²) in [6.07, 6.45) is 0. The summed E-state index contributed by atoms with van der Waals surface area (Å²) in [5.41, 5.74) is 0.390. The van der Waals surface area contributed by atoms with Crippen molar-refractivity contribution < 1.29 is 19.4 Å². The standard InChI is InChI=1S/C14H21NO4/c1-9(2)11(8-16)15-14(17)10-6-5-7-12(18-3)13(10)19-4/h5-7,9,11,16H,8H2,1-4H3,(H,15,17)/t11-/m1/s1. The number of methoxy groups -OCH3 is 2. The molecule has 1 atom stereocenters. The van der Waals surface area contributed by atoms with E-state index in [1.54, 1.807) is 18.2 Å². The zero-order valence-corrected chi connectivity index (χ0v) is 11.8. The Morgan fingerprint density at radius 2 is 2.00 bits per heavy atom. The molecule has 0 bridgehead atoms. The van der Waals surface area contributed by atoms with Gasteiger partial charge in [0.1, 0.15) is 0 Å². The molecule has 2 N–H and O–H groups in total. The number of carbonyl (C=O) groups is 1. The highest BCUT2D eigenvalue weighted by Gasteiger charge is 2.20. The van der Waals surface area contributed by atoms with Gasteiger partial charge in [-0.05, 0) is 18.1 Å². The van der Waals surface area contributed by atoms with Crippen LogP contribution in [0.15, 0.2) is 18.2 Å². The Morgan fingerprint density at radius 3 is 2.47 bits per heavy atom. The first kappa shape index (κ1) is 15.3. The van der Waals surface area contributed by atoms with Crippen LogP contribution in [0.5, 0.6) is 11.5 Å². The van der Waals surface area contributed by atoms with Crippen molar-refractivity contribution in [2.24, 2.45) is 5.92 Å². The largest absolute Gasteiger partial charge is 0.493 e. The molecular formula is C14H21NO4. The van der Waals surface area contributed by atoms with Gasteiger partial charge in [0, 0.05) is 0 Å². The number of hydrogen-bond acceptors (Lipinski definition) is 4. The van der Waals surface area contributed by atoms with Crippen LogP contribution < -0.4 is 14.8 Å². The Kier molecular flexibility index (Phi) is 5.63. The molecule has 5 nitrogen and oxygen atoms in total. The molecule has 1 rings (SSSR count). The molecule has 0 spiro atoms. The fourth-order valence-corrected chi connectivity index (χ4v) is 1.74. The average molecular weight is 267 g/mol. The van der Waals surface area contributed by atoms with Gasteiger partial charge in [0.05, 0.1) is 32.4 Å². The second-order valence-corrected chi connectivity index (χ2v) is 4.55. The third-order valence-corrected chi connectivity index (χ3v) is 2.97. The quantitative estimate of drug-likeness (QED) is 0.818. The van der Waals surface area contributed by atoms with E-state index < -0.39 is 0 Å². The van der Waals surface area contributed by atoms with Crippen LogP contribution in [0.3, 0.4) is 0 Å². The number of hydrogen-bond donors (Lipinski definition) is 2. The van der Waals surface area contributed by atoms with E-state index >= 15 is 0 Å². The molecule has 0 fully saturated rings. The second-order valence-electron chi connectivity index (χ2n) is 4.55. The van der Waals surface area contributed by atoms with Crippen molar-refractivity contribution >= 4 is 5.91 Å². The monoisotopic (exact) mass is 267 g/mol. The van der Waals surface area contributed by atoms with Gasteiger partial charge in [0.2, 0.25) is 0 Å². The molecule has 5 heteroatoms. The predicted octanol–water partition coefficient (Wildman–Crippen LogP) is 1.45. The summed E-state index contributed by atoms with van der Waals surface area (Å²) in [4.78, 5) is 12.2. The third kappa shape index (κ3) is 3.61. The van der Waals surface area contributed by atoms with Gasteiger partial charge < -0.3 is 19.9 Å². The number of carbonyl (C=O) groups excluding carboxylic acids is 1. The third-order valence-electron chi connectivity index (χ3n) is 2.97. The average Bonchev–Trinajstić information content (AvgIpc) is 2.42. The molecule has 0 aliphatic heterocycles. The lowest BCUT2D eigenvalue weighted by Gasteiger charge is -2.21. The topological polar surface area (TPSA) is 67.8 Å². The molecule has 0 heterocycles. The van der Waals surface area contributed by atoms with Crippen molar-refractivity contribution in [2.75, 3.05) is 20.8 Å². The summed E-state index contributed by atoms with van der Waals surface area (Å²) in [7, 11) is 3.00. The van der Waals surface area contributed by atoms with Crippen LogP contribution in [0, 0.1) is 5.92 Å². The van der Waals surface area contributed by atoms with Gasteiger partial charge in [0.25, 0.3) is 5.91 Å². The van der Waals surface area contributed by atoms with E-state index in [2.05, 4.69) is 5.32 Å². The van der Waals surface area contributed by atoms with Gasteiger partial charge in [-0.1, -0.05) is 19.9 Å². The number of nitrogens with one attached hydrogen (secondary N) is 1. The van der Waals surface area contributed by atoms with E-state index in [1.807, 2.05) is 13.8 Å². The smallest absolute Gasteiger partial charge is 0.255 e. The van der Waals surface area contributed by atoms with Crippen LogP contribution >= 0.6 is 0 Å². The molecular weight excluding hydrogens is 246 g/mol. The molecule has 0 saturated carbocycles. The number of rotatable bonds is 6. The fourth-order valence-electron chi connectivity index (χ4n) is 1.74. The van der Waals surface area contributed by atoms with Gasteiger partial charge in [-0.2, -0.15) is 0 Å². The fraction of sp³-hybridized carbons (Fsp3) is 0.500. The highest BCUT2D eigenvalue weighted by Crippen LogP contribution is 2.30. The van der Waals surface area contributed by atoms with Crippen LogP contribution in [0.4, 0.5) is 0 Å². The first-order valence-electron chi connectivity index (χ1n) is 6.17. The molecule has 0 aliphatic carbocycles. The molecule has 0 radical (unpaired) electrons. The highest BCUT2D eigenvalue weighted by molar-refractivity contribution is 5.98. The minimum atomic E-state index is -0.289. The summed E-state index contributed by atoms with van der Waals surface area (Å²) in [6, 6.07) is 4.82. The van der Waals surface area contributed by atoms with E-state index in [-0.39, 0.29) is 24.5 Å². The van der Waals surface area contributed by atoms with E-state index in [0.717, 1.165) is 0 Å². The zero-order chi connectivity index (χ0) is 14.4. The van der Waals surface area contributed by atoms with Gasteiger partial charge in [-0.25, -0.2) is 0 Å². The van der Waals surface area contributed by atoms with Crippen molar-refractivity contribution in [2.45, 2.75) is 19.9 Å². The van der Waals surface area contributed by atoms with E-state index in [9.17, 15) is 9.90 Å². The lowest BCUT2D eigenvalue weighted by Crippen LogP contribution is -2.41. The number of amides is 1. The van der Waals surface area contributed by atoms with Crippen molar-refractivity contribution in [1.82, 2.24) is 5.32 Å². The Bertz CT molecular complexity index is 431. The summed E-state index contributed by atoms with van der Waals surface area (Å²) < 4.78 is 10.4. The predicted molar refractivity (Wildman–Crippen MR) is 72.7 cm³/mol. The number of aliphatic hydroxyl groups is 1. The Balaban J connectivity index is 2.99. The van der Waals surface area contributed by atoms with E-state index in [0.29, 0.717) is 17.1 Å². The van der Waals surface area contributed by atoms with Gasteiger partial charge in [0.15, 0.2) is 11.5 Å². The molecule has 0 unspecified atom stereocenters. The van der Waals surface area contributed by atoms with Crippen LogP contribution in [0.2, 0.25) is 0 Å². The summed E-state index contributed by atoms with van der Waals surface area (Å²) in [6.45, 7) is 3.77. The number of para-hydroxylation sites is 1. The normalized spacial score (nSPS) is 12.1.